The number of rotatable bonds is 6. The van der Waals surface area contributed by atoms with E-state index in [-0.39, 0.29) is 23.7 Å². The van der Waals surface area contributed by atoms with Crippen molar-refractivity contribution in [2.24, 2.45) is 16.6 Å². The van der Waals surface area contributed by atoms with Gasteiger partial charge in [-0.05, 0) is 54.8 Å². The van der Waals surface area contributed by atoms with Gasteiger partial charge >= 0.3 is 0 Å². The molecule has 204 valence electrons. The molecule has 0 aliphatic rings. The van der Waals surface area contributed by atoms with Crippen molar-refractivity contribution in [2.45, 2.75) is 25.2 Å². The zero-order valence-corrected chi connectivity index (χ0v) is 21.9. The third-order valence-electron chi connectivity index (χ3n) is 4.31. The second kappa shape index (κ2) is 16.2. The smallest absolute Gasteiger partial charge is 0.251 e. The van der Waals surface area contributed by atoms with Gasteiger partial charge in [-0.3, -0.25) is 0 Å². The Hall–Kier alpha value is -3.56. The van der Waals surface area contributed by atoms with E-state index in [2.05, 4.69) is 47.6 Å². The van der Waals surface area contributed by atoms with E-state index in [4.69, 9.17) is 24.6 Å². The highest BCUT2D eigenvalue weighted by Crippen LogP contribution is 2.40. The fraction of sp³-hybridized carbons (Fsp3) is 0.174. The summed E-state index contributed by atoms with van der Waals surface area (Å²) in [6, 6.07) is 13.8. The predicted octanol–water partition coefficient (Wildman–Crippen LogP) is 3.34. The lowest BCUT2D eigenvalue weighted by molar-refractivity contribution is 0.380. The summed E-state index contributed by atoms with van der Waals surface area (Å²) in [4.78, 5) is 0.0143. The predicted molar refractivity (Wildman–Crippen MR) is 153 cm³/mol. The summed E-state index contributed by atoms with van der Waals surface area (Å²) in [7, 11) is -2.35. The van der Waals surface area contributed by atoms with Gasteiger partial charge in [0.05, 0.1) is 17.6 Å². The SMILES string of the molecule is C.C=CC(C)c1onc(-c2ccc(OC)cc2)c1-c1ccccc1S(N)(=O)=O.NC(O)=S.NC(O)=S.O. The highest BCUT2D eigenvalue weighted by molar-refractivity contribution is 7.89. The van der Waals surface area contributed by atoms with E-state index in [9.17, 15) is 8.42 Å². The maximum absolute atomic E-state index is 12.1. The minimum absolute atomic E-state index is 0. The Labute approximate surface area is 226 Å². The van der Waals surface area contributed by atoms with Crippen LogP contribution in [0.2, 0.25) is 0 Å². The first-order valence-corrected chi connectivity index (χ1v) is 12.0. The molecule has 11 nitrogen and oxygen atoms in total. The van der Waals surface area contributed by atoms with Gasteiger partial charge in [-0.15, -0.1) is 6.58 Å². The van der Waals surface area contributed by atoms with E-state index in [0.29, 0.717) is 28.3 Å². The summed E-state index contributed by atoms with van der Waals surface area (Å²) in [6.07, 6.45) is 1.71. The summed E-state index contributed by atoms with van der Waals surface area (Å²) in [5.74, 6) is 1.05. The molecule has 1 atom stereocenters. The maximum atomic E-state index is 12.1. The van der Waals surface area contributed by atoms with Gasteiger partial charge in [-0.1, -0.05) is 43.8 Å². The number of nitrogens with two attached hydrogens (primary N) is 3. The van der Waals surface area contributed by atoms with Crippen LogP contribution >= 0.6 is 24.4 Å². The van der Waals surface area contributed by atoms with E-state index in [1.807, 2.05) is 19.1 Å². The first-order valence-electron chi connectivity index (χ1n) is 9.68. The summed E-state index contributed by atoms with van der Waals surface area (Å²) in [5, 5.41) is 23.8. The number of benzene rings is 2. The normalized spacial score (nSPS) is 10.5. The topological polar surface area (TPSA) is 219 Å². The van der Waals surface area contributed by atoms with Crippen molar-refractivity contribution in [3.8, 4) is 28.1 Å². The quantitative estimate of drug-likeness (QED) is 0.213. The second-order valence-corrected chi connectivity index (χ2v) is 9.11. The number of nitrogens with zero attached hydrogens (tertiary/aromatic N) is 1. The molecule has 1 aromatic heterocycles. The number of hydrogen-bond donors (Lipinski definition) is 5. The number of aromatic nitrogens is 1. The van der Waals surface area contributed by atoms with E-state index in [1.165, 1.54) is 6.07 Å². The standard InChI is InChI=1S/C20H20N2O4S.2CH3NOS.CH4.H2O/c1-4-13(2)20-18(16-7-5-6-8-17(16)27(21,23)24)19(22-26-20)14-9-11-15(25-3)12-10-14;2*2-1(3)4;;/h4-13H,1H2,2-3H3,(H2,21,23,24);2*(H3,2,3,4);1H4;1H2. The number of allylic oxidation sites excluding steroid dienone is 1. The van der Waals surface area contributed by atoms with Crippen molar-refractivity contribution in [3.05, 3.63) is 66.9 Å². The maximum Gasteiger partial charge on any atom is 0.251 e. The molecule has 14 heteroatoms. The largest absolute Gasteiger partial charge is 0.497 e. The molecule has 0 amide bonds. The summed E-state index contributed by atoms with van der Waals surface area (Å²) < 4.78 is 35.0. The summed E-state index contributed by atoms with van der Waals surface area (Å²) in [5.41, 5.74) is 11.1. The Morgan fingerprint density at radius 2 is 1.59 bits per heavy atom. The van der Waals surface area contributed by atoms with Gasteiger partial charge < -0.3 is 36.4 Å². The zero-order chi connectivity index (χ0) is 26.8. The number of hydrogen-bond acceptors (Lipinski definition) is 7. The molecule has 10 N–H and O–H groups in total. The first-order chi connectivity index (χ1) is 16.3. The molecule has 0 saturated carbocycles. The molecule has 3 aromatic rings. The number of methoxy groups -OCH3 is 1. The number of aliphatic hydroxyl groups is 2. The second-order valence-electron chi connectivity index (χ2n) is 6.74. The fourth-order valence-electron chi connectivity index (χ4n) is 2.85. The van der Waals surface area contributed by atoms with Crippen LogP contribution in [0.1, 0.15) is 26.0 Å². The van der Waals surface area contributed by atoms with Crippen LogP contribution < -0.4 is 21.3 Å². The van der Waals surface area contributed by atoms with Crippen molar-refractivity contribution in [3.63, 3.8) is 0 Å². The van der Waals surface area contributed by atoms with Crippen LogP contribution in [0.25, 0.3) is 22.4 Å². The third kappa shape index (κ3) is 10.9. The minimum Gasteiger partial charge on any atom is -0.497 e. The highest BCUT2D eigenvalue weighted by atomic mass is 32.2. The molecule has 0 aliphatic carbocycles. The van der Waals surface area contributed by atoms with Gasteiger partial charge in [0.25, 0.3) is 10.3 Å². The monoisotopic (exact) mass is 572 g/mol. The van der Waals surface area contributed by atoms with E-state index >= 15 is 0 Å². The lowest BCUT2D eigenvalue weighted by atomic mass is 9.94. The molecule has 0 spiro atoms. The minimum atomic E-state index is -3.93. The molecule has 0 fully saturated rings. The molecule has 1 unspecified atom stereocenters. The Kier molecular flexibility index (Phi) is 15.6. The molecular formula is C23H32N4O7S3. The van der Waals surface area contributed by atoms with Crippen molar-refractivity contribution in [1.82, 2.24) is 5.16 Å². The number of thiocarbonyl (C=S) groups is 2. The van der Waals surface area contributed by atoms with Gasteiger partial charge in [0, 0.05) is 17.0 Å². The first kappa shape index (κ1) is 35.6. The molecule has 2 aromatic carbocycles. The molecule has 0 saturated heterocycles. The number of sulfonamides is 1. The molecule has 0 bridgehead atoms. The van der Waals surface area contributed by atoms with Gasteiger partial charge in [0.15, 0.2) is 5.76 Å². The van der Waals surface area contributed by atoms with Crippen LogP contribution in [-0.2, 0) is 10.0 Å². The van der Waals surface area contributed by atoms with Crippen LogP contribution in [-0.4, -0.2) is 46.7 Å². The van der Waals surface area contributed by atoms with Crippen molar-refractivity contribution in [1.29, 1.82) is 0 Å². The number of ether oxygens (including phenoxy) is 1. The number of aliphatic hydroxyl groups excluding tert-OH is 2. The van der Waals surface area contributed by atoms with Crippen molar-refractivity contribution < 1.29 is 33.4 Å². The molecule has 0 aliphatic heterocycles. The van der Waals surface area contributed by atoms with Crippen molar-refractivity contribution >= 4 is 44.8 Å². The van der Waals surface area contributed by atoms with Crippen LogP contribution in [0.5, 0.6) is 5.75 Å². The van der Waals surface area contributed by atoms with E-state index < -0.39 is 20.4 Å². The third-order valence-corrected chi connectivity index (χ3v) is 5.28. The van der Waals surface area contributed by atoms with Crippen molar-refractivity contribution in [2.75, 3.05) is 7.11 Å². The average Bonchev–Trinajstić information content (AvgIpc) is 3.22. The molecule has 3 rings (SSSR count). The zero-order valence-electron chi connectivity index (χ0n) is 19.4. The van der Waals surface area contributed by atoms with E-state index in [1.54, 1.807) is 43.5 Å². The van der Waals surface area contributed by atoms with Crippen LogP contribution in [0.15, 0.2) is 70.6 Å². The fourth-order valence-corrected chi connectivity index (χ4v) is 3.59. The molecule has 1 heterocycles. The van der Waals surface area contributed by atoms with Gasteiger partial charge in [-0.2, -0.15) is 0 Å². The van der Waals surface area contributed by atoms with Gasteiger partial charge in [0.2, 0.25) is 10.0 Å². The van der Waals surface area contributed by atoms with E-state index in [0.717, 1.165) is 5.56 Å². The molecule has 0 radical (unpaired) electrons. The van der Waals surface area contributed by atoms with Gasteiger partial charge in [-0.25, -0.2) is 13.6 Å². The Bertz CT molecular complexity index is 1260. The summed E-state index contributed by atoms with van der Waals surface area (Å²) >= 11 is 7.74. The average molecular weight is 573 g/mol. The number of primary sulfonamides is 1. The van der Waals surface area contributed by atoms with Crippen LogP contribution in [0.3, 0.4) is 0 Å². The lowest BCUT2D eigenvalue weighted by Crippen LogP contribution is -2.13. The lowest BCUT2D eigenvalue weighted by Gasteiger charge is -2.11. The Balaban J connectivity index is 0. The Morgan fingerprint density at radius 1 is 1.11 bits per heavy atom. The van der Waals surface area contributed by atoms with Crippen LogP contribution in [0, 0.1) is 0 Å². The molecule has 37 heavy (non-hydrogen) atoms. The Morgan fingerprint density at radius 3 is 2.03 bits per heavy atom. The molecular weight excluding hydrogens is 540 g/mol. The summed E-state index contributed by atoms with van der Waals surface area (Å²) in [6.45, 7) is 5.70. The van der Waals surface area contributed by atoms with Gasteiger partial charge in [0.1, 0.15) is 11.4 Å². The van der Waals surface area contributed by atoms with Crippen LogP contribution in [0.4, 0.5) is 0 Å². The highest BCUT2D eigenvalue weighted by Gasteiger charge is 2.26.